The molecule has 0 unspecified atom stereocenters. The molecule has 166 valence electrons. The molecule has 0 bridgehead atoms. The summed E-state index contributed by atoms with van der Waals surface area (Å²) in [4.78, 5) is 24.6. The number of carbonyl (C=O) groups is 1. The highest BCUT2D eigenvalue weighted by Gasteiger charge is 2.40. The van der Waals surface area contributed by atoms with Gasteiger partial charge in [0.05, 0.1) is 31.2 Å². The van der Waals surface area contributed by atoms with Crippen LogP contribution in [-0.4, -0.2) is 71.8 Å². The third-order valence-electron chi connectivity index (χ3n) is 5.16. The van der Waals surface area contributed by atoms with E-state index in [2.05, 4.69) is 25.4 Å². The van der Waals surface area contributed by atoms with Gasteiger partial charge in [0.25, 0.3) is 5.91 Å². The molecule has 5 N–H and O–H groups in total. The van der Waals surface area contributed by atoms with Crippen molar-refractivity contribution in [2.75, 3.05) is 12.3 Å². The fraction of sp³-hybridized carbons (Fsp3) is 0.526. The van der Waals surface area contributed by atoms with E-state index < -0.39 is 30.3 Å². The van der Waals surface area contributed by atoms with Crippen molar-refractivity contribution in [2.24, 2.45) is 5.92 Å². The van der Waals surface area contributed by atoms with Crippen molar-refractivity contribution in [1.82, 2.24) is 30.0 Å². The van der Waals surface area contributed by atoms with Gasteiger partial charge in [-0.3, -0.25) is 4.79 Å². The molecule has 31 heavy (non-hydrogen) atoms. The normalized spacial score (nSPS) is 24.0. The third kappa shape index (κ3) is 4.36. The first-order valence-electron chi connectivity index (χ1n) is 9.99. The molecule has 12 heteroatoms. The molecular weight excluding hydrogens is 406 g/mol. The molecule has 1 amide bonds. The van der Waals surface area contributed by atoms with E-state index in [-0.39, 0.29) is 24.7 Å². The van der Waals surface area contributed by atoms with Crippen LogP contribution in [0.4, 0.5) is 5.82 Å². The number of hydrogen-bond donors (Lipinski definition) is 4. The van der Waals surface area contributed by atoms with Gasteiger partial charge in [0.15, 0.2) is 11.5 Å². The average molecular weight is 431 g/mol. The molecule has 1 aliphatic heterocycles. The Kier molecular flexibility index (Phi) is 5.85. The van der Waals surface area contributed by atoms with Crippen molar-refractivity contribution in [3.05, 3.63) is 30.2 Å². The summed E-state index contributed by atoms with van der Waals surface area (Å²) in [7, 11) is 0. The van der Waals surface area contributed by atoms with Crippen LogP contribution in [0.3, 0.4) is 0 Å². The Bertz CT molecular complexity index is 1070. The standard InChI is InChI=1S/C19H25N7O5/c1-9(2)3-10-4-12(31-25-10)19(29)24-11-6-30-13(16(28)15(11)27)5-26-8-23-18-14(26)17(20)21-7-22-18/h4,7-9,11,13,15-16,27-28H,3,5-6H2,1-2H3,(H,24,29)(H2,20,21,22)/t11-,13-,15+,16-/m1/s1. The van der Waals surface area contributed by atoms with Crippen LogP contribution < -0.4 is 11.1 Å². The van der Waals surface area contributed by atoms with Crippen molar-refractivity contribution >= 4 is 22.9 Å². The fourth-order valence-corrected chi connectivity index (χ4v) is 3.61. The first-order chi connectivity index (χ1) is 14.8. The van der Waals surface area contributed by atoms with Gasteiger partial charge in [0.2, 0.25) is 5.76 Å². The van der Waals surface area contributed by atoms with Crippen LogP contribution >= 0.6 is 0 Å². The number of anilines is 1. The topological polar surface area (TPSA) is 174 Å². The zero-order valence-corrected chi connectivity index (χ0v) is 17.2. The van der Waals surface area contributed by atoms with Gasteiger partial charge in [0.1, 0.15) is 30.2 Å². The molecule has 0 saturated carbocycles. The summed E-state index contributed by atoms with van der Waals surface area (Å²) in [5.74, 6) is 0.129. The zero-order chi connectivity index (χ0) is 22.1. The van der Waals surface area contributed by atoms with Gasteiger partial charge < -0.3 is 35.1 Å². The number of aliphatic hydroxyl groups excluding tert-OH is 2. The molecule has 3 aromatic heterocycles. The van der Waals surface area contributed by atoms with Crippen molar-refractivity contribution in [3.63, 3.8) is 0 Å². The maximum atomic E-state index is 12.5. The highest BCUT2D eigenvalue weighted by atomic mass is 16.5. The van der Waals surface area contributed by atoms with Gasteiger partial charge in [-0.15, -0.1) is 0 Å². The molecule has 1 saturated heterocycles. The molecule has 1 aliphatic rings. The van der Waals surface area contributed by atoms with Gasteiger partial charge in [-0.25, -0.2) is 15.0 Å². The van der Waals surface area contributed by atoms with Gasteiger partial charge in [-0.1, -0.05) is 19.0 Å². The van der Waals surface area contributed by atoms with Crippen molar-refractivity contribution in [2.45, 2.75) is 51.2 Å². The predicted molar refractivity (Wildman–Crippen MR) is 108 cm³/mol. The number of rotatable bonds is 6. The largest absolute Gasteiger partial charge is 0.388 e. The van der Waals surface area contributed by atoms with Crippen molar-refractivity contribution in [3.8, 4) is 0 Å². The lowest BCUT2D eigenvalue weighted by molar-refractivity contribution is -0.152. The van der Waals surface area contributed by atoms with Crippen LogP contribution in [0.5, 0.6) is 0 Å². The third-order valence-corrected chi connectivity index (χ3v) is 5.16. The minimum Gasteiger partial charge on any atom is -0.388 e. The maximum Gasteiger partial charge on any atom is 0.290 e. The van der Waals surface area contributed by atoms with Gasteiger partial charge in [0, 0.05) is 6.07 Å². The first kappa shape index (κ1) is 21.2. The van der Waals surface area contributed by atoms with E-state index in [0.29, 0.717) is 29.2 Å². The minimum absolute atomic E-state index is 0.000232. The van der Waals surface area contributed by atoms with Gasteiger partial charge in [-0.05, 0) is 12.3 Å². The van der Waals surface area contributed by atoms with E-state index >= 15 is 0 Å². The summed E-state index contributed by atoms with van der Waals surface area (Å²) >= 11 is 0. The molecule has 0 aromatic carbocycles. The van der Waals surface area contributed by atoms with Crippen LogP contribution in [0, 0.1) is 5.92 Å². The van der Waals surface area contributed by atoms with Crippen LogP contribution in [-0.2, 0) is 17.7 Å². The Labute approximate surface area is 177 Å². The van der Waals surface area contributed by atoms with E-state index in [1.165, 1.54) is 12.7 Å². The van der Waals surface area contributed by atoms with E-state index in [0.717, 1.165) is 0 Å². The highest BCUT2D eigenvalue weighted by Crippen LogP contribution is 2.21. The van der Waals surface area contributed by atoms with Crippen molar-refractivity contribution < 1.29 is 24.3 Å². The molecule has 0 spiro atoms. The minimum atomic E-state index is -1.26. The number of aliphatic hydroxyl groups is 2. The number of hydrogen-bond acceptors (Lipinski definition) is 10. The monoisotopic (exact) mass is 431 g/mol. The number of imidazole rings is 1. The van der Waals surface area contributed by atoms with Gasteiger partial charge >= 0.3 is 0 Å². The summed E-state index contributed by atoms with van der Waals surface area (Å²) in [5.41, 5.74) is 7.52. The average Bonchev–Trinajstić information content (AvgIpc) is 3.35. The summed E-state index contributed by atoms with van der Waals surface area (Å²) in [5, 5.41) is 27.7. The lowest BCUT2D eigenvalue weighted by Crippen LogP contribution is -2.59. The van der Waals surface area contributed by atoms with E-state index in [9.17, 15) is 15.0 Å². The predicted octanol–water partition coefficient (Wildman–Crippen LogP) is -0.486. The Morgan fingerprint density at radius 1 is 1.32 bits per heavy atom. The van der Waals surface area contributed by atoms with Gasteiger partial charge in [-0.2, -0.15) is 0 Å². The Hall–Kier alpha value is -3.09. The van der Waals surface area contributed by atoms with Crippen LogP contribution in [0.1, 0.15) is 30.1 Å². The Morgan fingerprint density at radius 2 is 2.13 bits per heavy atom. The number of nitrogen functional groups attached to an aromatic ring is 1. The molecule has 12 nitrogen and oxygen atoms in total. The highest BCUT2D eigenvalue weighted by molar-refractivity contribution is 5.91. The summed E-state index contributed by atoms with van der Waals surface area (Å²) in [6.45, 7) is 4.25. The number of nitrogens with one attached hydrogen (secondary N) is 1. The van der Waals surface area contributed by atoms with E-state index in [4.69, 9.17) is 15.0 Å². The first-order valence-corrected chi connectivity index (χ1v) is 9.99. The molecule has 0 radical (unpaired) electrons. The summed E-state index contributed by atoms with van der Waals surface area (Å²) < 4.78 is 12.5. The zero-order valence-electron chi connectivity index (χ0n) is 17.2. The number of carbonyl (C=O) groups excluding carboxylic acids is 1. The summed E-state index contributed by atoms with van der Waals surface area (Å²) in [6.07, 6.45) is 0.272. The molecule has 4 atom stereocenters. The molecule has 0 aliphatic carbocycles. The lowest BCUT2D eigenvalue weighted by Gasteiger charge is -2.37. The SMILES string of the molecule is CC(C)Cc1cc(C(=O)N[C@@H]2CO[C@H](Cn3cnc4ncnc(N)c43)[C@@H](O)[C@H]2O)on1. The van der Waals surface area contributed by atoms with Crippen molar-refractivity contribution in [1.29, 1.82) is 0 Å². The maximum absolute atomic E-state index is 12.5. The quantitative estimate of drug-likeness (QED) is 0.399. The molecule has 1 fully saturated rings. The fourth-order valence-electron chi connectivity index (χ4n) is 3.61. The smallest absolute Gasteiger partial charge is 0.290 e. The summed E-state index contributed by atoms with van der Waals surface area (Å²) in [6, 6.07) is 0.756. The number of ether oxygens (including phenoxy) is 1. The molecular formula is C19H25N7O5. The number of nitrogens with zero attached hydrogens (tertiary/aromatic N) is 5. The number of fused-ring (bicyclic) bond motifs is 1. The Balaban J connectivity index is 1.39. The number of nitrogens with two attached hydrogens (primary N) is 1. The van der Waals surface area contributed by atoms with Crippen LogP contribution in [0.15, 0.2) is 23.2 Å². The second kappa shape index (κ2) is 8.57. The lowest BCUT2D eigenvalue weighted by atomic mass is 9.97. The Morgan fingerprint density at radius 3 is 2.90 bits per heavy atom. The van der Waals surface area contributed by atoms with Crippen LogP contribution in [0.25, 0.3) is 11.2 Å². The second-order valence-electron chi connectivity index (χ2n) is 8.04. The molecule has 4 heterocycles. The molecule has 3 aromatic rings. The number of amides is 1. The van der Waals surface area contributed by atoms with E-state index in [1.807, 2.05) is 13.8 Å². The van der Waals surface area contributed by atoms with Crippen LogP contribution in [0.2, 0.25) is 0 Å². The molecule has 4 rings (SSSR count). The number of aromatic nitrogens is 5. The van der Waals surface area contributed by atoms with E-state index in [1.54, 1.807) is 10.6 Å². The second-order valence-corrected chi connectivity index (χ2v) is 8.04.